The number of benzene rings is 1. The van der Waals surface area contributed by atoms with E-state index in [0.29, 0.717) is 40.2 Å². The van der Waals surface area contributed by atoms with Crippen molar-refractivity contribution in [3.63, 3.8) is 0 Å². The molecule has 0 saturated heterocycles. The zero-order valence-electron chi connectivity index (χ0n) is 16.8. The maximum absolute atomic E-state index is 13.0. The van der Waals surface area contributed by atoms with Gasteiger partial charge in [-0.1, -0.05) is 25.5 Å². The number of nitriles is 1. The molecule has 0 unspecified atom stereocenters. The number of hydrogen-bond acceptors (Lipinski definition) is 8. The van der Waals surface area contributed by atoms with Gasteiger partial charge in [0.1, 0.15) is 22.5 Å². The summed E-state index contributed by atoms with van der Waals surface area (Å²) in [6.45, 7) is 6.56. The van der Waals surface area contributed by atoms with Crippen molar-refractivity contribution in [1.82, 2.24) is 4.90 Å². The first-order valence-corrected chi connectivity index (χ1v) is 10.5. The molecule has 0 aliphatic carbocycles. The zero-order valence-corrected chi connectivity index (χ0v) is 17.6. The van der Waals surface area contributed by atoms with Gasteiger partial charge in [0.15, 0.2) is 5.17 Å². The summed E-state index contributed by atoms with van der Waals surface area (Å²) in [5, 5.41) is 10.1. The SMILES string of the molecule is CCCC1=C(C(=O)OCC)[C@@H](c2ccc(OCC)cc2)N2C(=N1)SC(C#N)=C2N. The van der Waals surface area contributed by atoms with Gasteiger partial charge in [0.05, 0.1) is 30.5 Å². The molecule has 0 amide bonds. The monoisotopic (exact) mass is 412 g/mol. The van der Waals surface area contributed by atoms with Gasteiger partial charge in [-0.05, 0) is 49.7 Å². The Morgan fingerprint density at radius 3 is 2.59 bits per heavy atom. The van der Waals surface area contributed by atoms with Crippen LogP contribution in [0.2, 0.25) is 0 Å². The number of thioether (sulfide) groups is 1. The fourth-order valence-electron chi connectivity index (χ4n) is 3.37. The topological polar surface area (TPSA) is 101 Å². The third-order valence-electron chi connectivity index (χ3n) is 4.56. The molecule has 2 heterocycles. The Labute approximate surface area is 174 Å². The molecule has 3 rings (SSSR count). The molecular formula is C21H24N4O3S. The minimum atomic E-state index is -0.517. The standard InChI is InChI=1S/C21H24N4O3S/c1-4-7-15-17(20(26)28-6-3)18(13-8-10-14(11-9-13)27-5-2)25-19(23)16(12-22)29-21(25)24-15/h8-11,18H,4-7,23H2,1-3H3/t18-/m1/s1. The van der Waals surface area contributed by atoms with E-state index in [2.05, 4.69) is 11.1 Å². The highest BCUT2D eigenvalue weighted by molar-refractivity contribution is 8.17. The van der Waals surface area contributed by atoms with Gasteiger partial charge in [-0.25, -0.2) is 9.79 Å². The predicted octanol–water partition coefficient (Wildman–Crippen LogP) is 3.81. The first-order valence-electron chi connectivity index (χ1n) is 9.64. The number of hydrogen-bond donors (Lipinski definition) is 1. The lowest BCUT2D eigenvalue weighted by Crippen LogP contribution is -2.39. The van der Waals surface area contributed by atoms with Crippen LogP contribution in [0.3, 0.4) is 0 Å². The molecule has 2 N–H and O–H groups in total. The van der Waals surface area contributed by atoms with Crippen LogP contribution in [0.5, 0.6) is 5.75 Å². The van der Waals surface area contributed by atoms with Crippen molar-refractivity contribution in [3.8, 4) is 11.8 Å². The average molecular weight is 413 g/mol. The Balaban J connectivity index is 2.16. The lowest BCUT2D eigenvalue weighted by molar-refractivity contribution is -0.139. The highest BCUT2D eigenvalue weighted by Gasteiger charge is 2.43. The van der Waals surface area contributed by atoms with Crippen LogP contribution in [-0.2, 0) is 9.53 Å². The molecule has 1 aromatic carbocycles. The van der Waals surface area contributed by atoms with E-state index in [1.54, 1.807) is 11.8 Å². The Morgan fingerprint density at radius 2 is 2.00 bits per heavy atom. The summed E-state index contributed by atoms with van der Waals surface area (Å²) in [6, 6.07) is 9.14. The average Bonchev–Trinajstić information content (AvgIpc) is 3.03. The van der Waals surface area contributed by atoms with Crippen LogP contribution in [0.1, 0.15) is 45.2 Å². The van der Waals surface area contributed by atoms with Crippen molar-refractivity contribution in [2.24, 2.45) is 10.7 Å². The fourth-order valence-corrected chi connectivity index (χ4v) is 4.26. The Bertz CT molecular complexity index is 928. The minimum Gasteiger partial charge on any atom is -0.494 e. The van der Waals surface area contributed by atoms with Gasteiger partial charge in [-0.15, -0.1) is 0 Å². The van der Waals surface area contributed by atoms with Gasteiger partial charge in [0.25, 0.3) is 0 Å². The van der Waals surface area contributed by atoms with E-state index in [1.165, 1.54) is 11.8 Å². The van der Waals surface area contributed by atoms with Crippen LogP contribution in [-0.4, -0.2) is 29.3 Å². The van der Waals surface area contributed by atoms with Crippen LogP contribution in [0.4, 0.5) is 0 Å². The summed E-state index contributed by atoms with van der Waals surface area (Å²) in [5.41, 5.74) is 8.27. The second-order valence-electron chi connectivity index (χ2n) is 6.43. The highest BCUT2D eigenvalue weighted by Crippen LogP contribution is 2.46. The van der Waals surface area contributed by atoms with Gasteiger partial charge in [-0.2, -0.15) is 5.26 Å². The number of nitrogens with zero attached hydrogens (tertiary/aromatic N) is 3. The maximum Gasteiger partial charge on any atom is 0.338 e. The van der Waals surface area contributed by atoms with Crippen molar-refractivity contribution >= 4 is 22.9 Å². The summed E-state index contributed by atoms with van der Waals surface area (Å²) in [7, 11) is 0. The number of aliphatic imine (C=N–C) groups is 1. The van der Waals surface area contributed by atoms with Crippen molar-refractivity contribution in [3.05, 3.63) is 51.8 Å². The van der Waals surface area contributed by atoms with Gasteiger partial charge < -0.3 is 15.2 Å². The number of fused-ring (bicyclic) bond motifs is 1. The lowest BCUT2D eigenvalue weighted by atomic mass is 9.93. The number of allylic oxidation sites excluding steroid dienone is 2. The molecule has 1 atom stereocenters. The molecular weight excluding hydrogens is 388 g/mol. The largest absolute Gasteiger partial charge is 0.494 e. The van der Waals surface area contributed by atoms with Crippen molar-refractivity contribution < 1.29 is 14.3 Å². The van der Waals surface area contributed by atoms with E-state index >= 15 is 0 Å². The van der Waals surface area contributed by atoms with Crippen molar-refractivity contribution in [1.29, 1.82) is 5.26 Å². The molecule has 2 aliphatic heterocycles. The normalized spacial score (nSPS) is 18.3. The van der Waals surface area contributed by atoms with Gasteiger partial charge in [-0.3, -0.25) is 4.90 Å². The molecule has 0 radical (unpaired) electrons. The van der Waals surface area contributed by atoms with Gasteiger partial charge in [0, 0.05) is 0 Å². The number of ether oxygens (including phenoxy) is 2. The molecule has 29 heavy (non-hydrogen) atoms. The fraction of sp³-hybridized carbons (Fsp3) is 0.381. The molecule has 2 aliphatic rings. The molecule has 8 heteroatoms. The summed E-state index contributed by atoms with van der Waals surface area (Å²) < 4.78 is 10.9. The van der Waals surface area contributed by atoms with E-state index < -0.39 is 12.0 Å². The number of rotatable bonds is 7. The zero-order chi connectivity index (χ0) is 21.0. The second-order valence-corrected chi connectivity index (χ2v) is 7.41. The third-order valence-corrected chi connectivity index (χ3v) is 5.53. The number of amidine groups is 1. The summed E-state index contributed by atoms with van der Waals surface area (Å²) >= 11 is 1.23. The van der Waals surface area contributed by atoms with Gasteiger partial charge in [0.2, 0.25) is 0 Å². The van der Waals surface area contributed by atoms with Crippen LogP contribution >= 0.6 is 11.8 Å². The highest BCUT2D eigenvalue weighted by atomic mass is 32.2. The number of carbonyl (C=O) groups is 1. The Kier molecular flexibility index (Phi) is 6.49. The molecule has 0 saturated carbocycles. The van der Waals surface area contributed by atoms with Crippen molar-refractivity contribution in [2.75, 3.05) is 13.2 Å². The van der Waals surface area contributed by atoms with E-state index in [0.717, 1.165) is 17.7 Å². The van der Waals surface area contributed by atoms with E-state index in [4.69, 9.17) is 15.2 Å². The maximum atomic E-state index is 13.0. The van der Waals surface area contributed by atoms with E-state index in [-0.39, 0.29) is 6.61 Å². The number of nitrogens with two attached hydrogens (primary N) is 1. The number of esters is 1. The smallest absolute Gasteiger partial charge is 0.338 e. The summed E-state index contributed by atoms with van der Waals surface area (Å²) in [4.78, 5) is 19.8. The van der Waals surface area contributed by atoms with Crippen LogP contribution in [0.15, 0.2) is 51.3 Å². The van der Waals surface area contributed by atoms with Crippen molar-refractivity contribution in [2.45, 2.75) is 39.7 Å². The van der Waals surface area contributed by atoms with Crippen LogP contribution in [0, 0.1) is 11.3 Å². The Hall–Kier alpha value is -2.92. The van der Waals surface area contributed by atoms with E-state index in [9.17, 15) is 10.1 Å². The first kappa shape index (κ1) is 20.8. The molecule has 7 nitrogen and oxygen atoms in total. The summed E-state index contributed by atoms with van der Waals surface area (Å²) in [6.07, 6.45) is 1.45. The second kappa shape index (κ2) is 9.05. The first-order chi connectivity index (χ1) is 14.0. The quantitative estimate of drug-likeness (QED) is 0.680. The molecule has 0 spiro atoms. The molecule has 152 valence electrons. The van der Waals surface area contributed by atoms with Gasteiger partial charge >= 0.3 is 5.97 Å². The predicted molar refractivity (Wildman–Crippen MR) is 113 cm³/mol. The van der Waals surface area contributed by atoms with Crippen LogP contribution < -0.4 is 10.5 Å². The molecule has 1 aromatic rings. The molecule has 0 aromatic heterocycles. The lowest BCUT2D eigenvalue weighted by Gasteiger charge is -2.35. The molecule has 0 bridgehead atoms. The third kappa shape index (κ3) is 3.96. The Morgan fingerprint density at radius 1 is 1.28 bits per heavy atom. The van der Waals surface area contributed by atoms with Crippen LogP contribution in [0.25, 0.3) is 0 Å². The van der Waals surface area contributed by atoms with E-state index in [1.807, 2.05) is 38.1 Å². The number of carbonyl (C=O) groups excluding carboxylic acids is 1. The minimum absolute atomic E-state index is 0.262. The molecule has 0 fully saturated rings. The summed E-state index contributed by atoms with van der Waals surface area (Å²) in [5.74, 6) is 0.627.